The Balaban J connectivity index is -0.00000220. The molecule has 0 unspecified atom stereocenters. The summed E-state index contributed by atoms with van der Waals surface area (Å²) in [6.07, 6.45) is 19.2. The van der Waals surface area contributed by atoms with Crippen molar-refractivity contribution >= 4 is 7.82 Å². The fraction of sp³-hybridized carbons (Fsp3) is 1.00. The summed E-state index contributed by atoms with van der Waals surface area (Å²) in [5.74, 6) is 0. The number of phosphoric ester groups is 1. The zero-order chi connectivity index (χ0) is 16.5. The molecule has 0 aliphatic heterocycles. The van der Waals surface area contributed by atoms with Gasteiger partial charge in [-0.15, -0.1) is 0 Å². The van der Waals surface area contributed by atoms with Gasteiger partial charge in [0.2, 0.25) is 0 Å². The van der Waals surface area contributed by atoms with Crippen LogP contribution in [0.25, 0.3) is 0 Å². The third-order valence-electron chi connectivity index (χ3n) is 4.01. The van der Waals surface area contributed by atoms with Crippen LogP contribution in [0.1, 0.15) is 105 Å². The van der Waals surface area contributed by atoms with Gasteiger partial charge < -0.3 is 11.2 Å². The maximum Gasteiger partial charge on any atom is 1.00 e. The van der Waals surface area contributed by atoms with Crippen molar-refractivity contribution in [1.29, 1.82) is 0 Å². The second kappa shape index (κ2) is 20.1. The van der Waals surface area contributed by atoms with Crippen LogP contribution in [-0.2, 0) is 9.09 Å². The van der Waals surface area contributed by atoms with E-state index >= 15 is 0 Å². The molecule has 0 aromatic rings. The zero-order valence-corrected chi connectivity index (χ0v) is 19.5. The van der Waals surface area contributed by atoms with Gasteiger partial charge >= 0.3 is 59.2 Å². The number of phosphoric acid groups is 1. The molecule has 0 radical (unpaired) electrons. The summed E-state index contributed by atoms with van der Waals surface area (Å²) in [6.45, 7) is 2.43. The van der Waals surface area contributed by atoms with E-state index < -0.39 is 7.82 Å². The van der Waals surface area contributed by atoms with Crippen molar-refractivity contribution in [2.24, 2.45) is 0 Å². The average molecular weight is 377 g/mol. The first-order valence-corrected chi connectivity index (χ1v) is 10.8. The van der Waals surface area contributed by atoms with Crippen molar-refractivity contribution in [3.8, 4) is 0 Å². The Hall–Kier alpha value is 1.75. The van der Waals surface area contributed by atoms with Crippen molar-refractivity contribution in [2.45, 2.75) is 103 Å². The Morgan fingerprint density at radius 3 is 1.30 bits per heavy atom. The number of unbranched alkanes of at least 4 members (excludes halogenated alkanes) is 14. The van der Waals surface area contributed by atoms with E-state index in [2.05, 4.69) is 11.4 Å². The second-order valence-electron chi connectivity index (χ2n) is 6.27. The van der Waals surface area contributed by atoms with E-state index in [4.69, 9.17) is 9.79 Å². The van der Waals surface area contributed by atoms with Gasteiger partial charge in [-0.1, -0.05) is 96.8 Å². The minimum absolute atomic E-state index is 0. The summed E-state index contributed by atoms with van der Waals surface area (Å²) < 4.78 is 14.9. The maximum absolute atomic E-state index is 10.5. The van der Waals surface area contributed by atoms with Crippen molar-refractivity contribution in [3.05, 3.63) is 0 Å². The predicted octanol–water partition coefficient (Wildman–Crippen LogP) is 3.08. The normalized spacial score (nSPS) is 11.4. The quantitative estimate of drug-likeness (QED) is 0.233. The van der Waals surface area contributed by atoms with E-state index in [0.717, 1.165) is 19.3 Å². The maximum atomic E-state index is 10.5. The Kier molecular flexibility index (Phi) is 23.5. The number of hydrogen-bond donors (Lipinski definition) is 2. The van der Waals surface area contributed by atoms with Gasteiger partial charge in [-0.25, -0.2) is 4.57 Å². The monoisotopic (exact) mass is 376 g/mol. The molecule has 0 fully saturated rings. The van der Waals surface area contributed by atoms with Gasteiger partial charge in [0.15, 0.2) is 0 Å². The average Bonchev–Trinajstić information content (AvgIpc) is 2.45. The molecule has 2 N–H and O–H groups in total. The molecule has 0 atom stereocenters. The molecule has 4 nitrogen and oxygen atoms in total. The van der Waals surface area contributed by atoms with Crippen molar-refractivity contribution in [1.82, 2.24) is 0 Å². The van der Waals surface area contributed by atoms with Crippen LogP contribution in [0, 0.1) is 0 Å². The summed E-state index contributed by atoms with van der Waals surface area (Å²) in [4.78, 5) is 17.0. The summed E-state index contributed by atoms with van der Waals surface area (Å²) in [6, 6.07) is 0. The molecular weight excluding hydrogens is 338 g/mol. The molecule has 0 bridgehead atoms. The van der Waals surface area contributed by atoms with Crippen molar-refractivity contribution < 1.29 is 71.7 Å². The van der Waals surface area contributed by atoms with E-state index in [0.29, 0.717) is 0 Å². The van der Waals surface area contributed by atoms with Crippen molar-refractivity contribution in [3.63, 3.8) is 0 Å². The molecule has 0 saturated carbocycles. The third-order valence-corrected chi connectivity index (χ3v) is 4.53. The smallest absolute Gasteiger partial charge is 1.00 e. The number of hydrogen-bond acceptors (Lipinski definition) is 2. The number of rotatable bonds is 17. The zero-order valence-electron chi connectivity index (χ0n) is 16.5. The van der Waals surface area contributed by atoms with Gasteiger partial charge in [-0.05, 0) is 6.42 Å². The molecule has 0 aliphatic carbocycles. The molecule has 0 saturated heterocycles. The van der Waals surface area contributed by atoms with E-state index in [9.17, 15) is 4.57 Å². The SMILES string of the molecule is CCCCCCCCCCCCCCCCCOP(=O)(O)O.[H-].[K+]. The van der Waals surface area contributed by atoms with Crippen LogP contribution in [0.2, 0.25) is 0 Å². The van der Waals surface area contributed by atoms with E-state index in [1.54, 1.807) is 0 Å². The Labute approximate surface area is 187 Å². The van der Waals surface area contributed by atoms with Crippen LogP contribution in [-0.4, -0.2) is 16.4 Å². The first-order valence-electron chi connectivity index (χ1n) is 9.26. The van der Waals surface area contributed by atoms with E-state index in [1.807, 2.05) is 0 Å². The Morgan fingerprint density at radius 1 is 0.696 bits per heavy atom. The molecule has 0 heterocycles. The molecule has 0 aromatic carbocycles. The van der Waals surface area contributed by atoms with Gasteiger partial charge in [0.05, 0.1) is 6.61 Å². The summed E-state index contributed by atoms with van der Waals surface area (Å²) >= 11 is 0. The minimum Gasteiger partial charge on any atom is -1.00 e. The summed E-state index contributed by atoms with van der Waals surface area (Å²) in [5.41, 5.74) is 0. The van der Waals surface area contributed by atoms with Crippen LogP contribution in [0.4, 0.5) is 0 Å². The molecule has 0 spiro atoms. The first-order chi connectivity index (χ1) is 10.6. The standard InChI is InChI=1S/C17H37O4P.K.H/c1-2-3-4-5-6-7-8-9-10-11-12-13-14-15-16-17-21-22(18,19)20;;/h2-17H2,1H3,(H2,18,19,20);;/q;+1;-1. The predicted molar refractivity (Wildman–Crippen MR) is 94.0 cm³/mol. The summed E-state index contributed by atoms with van der Waals surface area (Å²) in [7, 11) is -4.25. The van der Waals surface area contributed by atoms with Gasteiger partial charge in [0.1, 0.15) is 0 Å². The summed E-state index contributed by atoms with van der Waals surface area (Å²) in [5, 5.41) is 0. The van der Waals surface area contributed by atoms with Crippen LogP contribution >= 0.6 is 7.82 Å². The molecule has 0 aliphatic rings. The third kappa shape index (κ3) is 26.1. The molecule has 0 rings (SSSR count). The molecule has 136 valence electrons. The fourth-order valence-corrected chi connectivity index (χ4v) is 3.02. The Bertz CT molecular complexity index is 277. The molecule has 6 heteroatoms. The molecule has 0 amide bonds. The fourth-order valence-electron chi connectivity index (χ4n) is 2.66. The van der Waals surface area contributed by atoms with Gasteiger partial charge in [0.25, 0.3) is 0 Å². The minimum atomic E-state index is -4.25. The first kappa shape index (κ1) is 27.0. The molecular formula is C17H38KO4P. The van der Waals surface area contributed by atoms with Crippen LogP contribution in [0.5, 0.6) is 0 Å². The van der Waals surface area contributed by atoms with Crippen LogP contribution < -0.4 is 51.4 Å². The second-order valence-corrected chi connectivity index (χ2v) is 7.51. The molecule has 23 heavy (non-hydrogen) atoms. The van der Waals surface area contributed by atoms with Crippen LogP contribution in [0.3, 0.4) is 0 Å². The van der Waals surface area contributed by atoms with Gasteiger partial charge in [0, 0.05) is 0 Å². The molecule has 0 aromatic heterocycles. The van der Waals surface area contributed by atoms with Crippen LogP contribution in [0.15, 0.2) is 0 Å². The van der Waals surface area contributed by atoms with Gasteiger partial charge in [-0.3, -0.25) is 4.52 Å². The largest absolute Gasteiger partial charge is 1.00 e. The van der Waals surface area contributed by atoms with Gasteiger partial charge in [-0.2, -0.15) is 0 Å². The van der Waals surface area contributed by atoms with E-state index in [1.165, 1.54) is 77.0 Å². The topological polar surface area (TPSA) is 66.8 Å². The Morgan fingerprint density at radius 2 is 1.00 bits per heavy atom. The van der Waals surface area contributed by atoms with Crippen molar-refractivity contribution in [2.75, 3.05) is 6.61 Å². The van der Waals surface area contributed by atoms with E-state index in [-0.39, 0.29) is 59.4 Å².